The standard InChI is InChI=1S/C16H24N2O/c1-11(2)13-6-7-15-14(9-13)5-4-8-18(15)16(19)12(3)10-17/h6-7,9,11-12H,4-5,8,10,17H2,1-3H3. The smallest absolute Gasteiger partial charge is 0.231 e. The summed E-state index contributed by atoms with van der Waals surface area (Å²) in [6.45, 7) is 7.53. The van der Waals surface area contributed by atoms with Crippen LogP contribution in [0.15, 0.2) is 18.2 Å². The number of carbonyl (C=O) groups excluding carboxylic acids is 1. The van der Waals surface area contributed by atoms with E-state index in [-0.39, 0.29) is 11.8 Å². The molecule has 1 atom stereocenters. The molecule has 2 N–H and O–H groups in total. The quantitative estimate of drug-likeness (QED) is 0.908. The van der Waals surface area contributed by atoms with Crippen molar-refractivity contribution in [1.82, 2.24) is 0 Å². The number of aryl methyl sites for hydroxylation is 1. The summed E-state index contributed by atoms with van der Waals surface area (Å²) in [7, 11) is 0. The number of benzene rings is 1. The first-order valence-corrected chi connectivity index (χ1v) is 7.19. The molecule has 2 rings (SSSR count). The summed E-state index contributed by atoms with van der Waals surface area (Å²) in [6.07, 6.45) is 2.11. The topological polar surface area (TPSA) is 46.3 Å². The number of fused-ring (bicyclic) bond motifs is 1. The fourth-order valence-corrected chi connectivity index (χ4v) is 2.57. The van der Waals surface area contributed by atoms with Crippen LogP contribution in [0.25, 0.3) is 0 Å². The van der Waals surface area contributed by atoms with Crippen molar-refractivity contribution in [2.75, 3.05) is 18.0 Å². The predicted molar refractivity (Wildman–Crippen MR) is 79.4 cm³/mol. The third kappa shape index (κ3) is 2.81. The lowest BCUT2D eigenvalue weighted by atomic mass is 9.94. The molecule has 0 aromatic heterocycles. The van der Waals surface area contributed by atoms with E-state index in [9.17, 15) is 4.79 Å². The minimum Gasteiger partial charge on any atom is -0.330 e. The molecule has 1 aromatic rings. The van der Waals surface area contributed by atoms with Gasteiger partial charge in [0.2, 0.25) is 5.91 Å². The SMILES string of the molecule is CC(CN)C(=O)N1CCCc2cc(C(C)C)ccc21. The summed E-state index contributed by atoms with van der Waals surface area (Å²) in [5, 5.41) is 0. The molecule has 3 heteroatoms. The molecule has 1 aliphatic heterocycles. The normalized spacial score (nSPS) is 16.4. The molecule has 1 aliphatic rings. The molecule has 1 heterocycles. The van der Waals surface area contributed by atoms with Crippen molar-refractivity contribution in [3.8, 4) is 0 Å². The second-order valence-corrected chi connectivity index (χ2v) is 5.77. The average molecular weight is 260 g/mol. The molecule has 3 nitrogen and oxygen atoms in total. The highest BCUT2D eigenvalue weighted by Gasteiger charge is 2.25. The van der Waals surface area contributed by atoms with Gasteiger partial charge in [-0.2, -0.15) is 0 Å². The Balaban J connectivity index is 2.32. The Morgan fingerprint density at radius 3 is 2.74 bits per heavy atom. The zero-order valence-corrected chi connectivity index (χ0v) is 12.1. The Morgan fingerprint density at radius 1 is 1.37 bits per heavy atom. The van der Waals surface area contributed by atoms with Crippen LogP contribution in [0, 0.1) is 5.92 Å². The molecule has 0 saturated heterocycles. The lowest BCUT2D eigenvalue weighted by molar-refractivity contribution is -0.121. The van der Waals surface area contributed by atoms with E-state index >= 15 is 0 Å². The van der Waals surface area contributed by atoms with Gasteiger partial charge in [0.25, 0.3) is 0 Å². The summed E-state index contributed by atoms with van der Waals surface area (Å²) >= 11 is 0. The van der Waals surface area contributed by atoms with Gasteiger partial charge in [-0.3, -0.25) is 4.79 Å². The van der Waals surface area contributed by atoms with Crippen LogP contribution in [0.5, 0.6) is 0 Å². The van der Waals surface area contributed by atoms with E-state index in [4.69, 9.17) is 5.73 Å². The Kier molecular flexibility index (Phi) is 4.25. The fraction of sp³-hybridized carbons (Fsp3) is 0.562. The molecular weight excluding hydrogens is 236 g/mol. The molecule has 0 spiro atoms. The van der Waals surface area contributed by atoms with Gasteiger partial charge in [-0.25, -0.2) is 0 Å². The molecule has 104 valence electrons. The van der Waals surface area contributed by atoms with E-state index in [1.807, 2.05) is 11.8 Å². The summed E-state index contributed by atoms with van der Waals surface area (Å²) in [5.74, 6) is 0.579. The van der Waals surface area contributed by atoms with Crippen molar-refractivity contribution in [3.63, 3.8) is 0 Å². The minimum absolute atomic E-state index is 0.101. The maximum atomic E-state index is 12.4. The molecule has 19 heavy (non-hydrogen) atoms. The van der Waals surface area contributed by atoms with Gasteiger partial charge >= 0.3 is 0 Å². The summed E-state index contributed by atoms with van der Waals surface area (Å²) in [4.78, 5) is 14.3. The van der Waals surface area contributed by atoms with E-state index in [1.165, 1.54) is 11.1 Å². The van der Waals surface area contributed by atoms with Gasteiger partial charge in [-0.1, -0.05) is 32.9 Å². The van der Waals surface area contributed by atoms with Crippen molar-refractivity contribution in [3.05, 3.63) is 29.3 Å². The van der Waals surface area contributed by atoms with Gasteiger partial charge in [-0.15, -0.1) is 0 Å². The Morgan fingerprint density at radius 2 is 2.11 bits per heavy atom. The first-order valence-electron chi connectivity index (χ1n) is 7.19. The van der Waals surface area contributed by atoms with Crippen LogP contribution < -0.4 is 10.6 Å². The highest BCUT2D eigenvalue weighted by atomic mass is 16.2. The van der Waals surface area contributed by atoms with E-state index in [2.05, 4.69) is 32.0 Å². The molecule has 1 unspecified atom stereocenters. The maximum absolute atomic E-state index is 12.4. The van der Waals surface area contributed by atoms with Crippen LogP contribution in [-0.4, -0.2) is 19.0 Å². The number of rotatable bonds is 3. The largest absolute Gasteiger partial charge is 0.330 e. The van der Waals surface area contributed by atoms with Crippen LogP contribution in [0.3, 0.4) is 0 Å². The fourth-order valence-electron chi connectivity index (χ4n) is 2.57. The number of amides is 1. The molecule has 0 saturated carbocycles. The summed E-state index contributed by atoms with van der Waals surface area (Å²) < 4.78 is 0. The second kappa shape index (κ2) is 5.74. The first-order chi connectivity index (χ1) is 9.04. The molecule has 0 aliphatic carbocycles. The third-order valence-corrected chi connectivity index (χ3v) is 3.93. The summed E-state index contributed by atoms with van der Waals surface area (Å²) in [6, 6.07) is 6.50. The van der Waals surface area contributed by atoms with Gasteiger partial charge in [0, 0.05) is 24.7 Å². The first kappa shape index (κ1) is 14.1. The van der Waals surface area contributed by atoms with Gasteiger partial charge in [0.1, 0.15) is 0 Å². The van der Waals surface area contributed by atoms with Gasteiger partial charge < -0.3 is 10.6 Å². The van der Waals surface area contributed by atoms with Crippen LogP contribution in [0.2, 0.25) is 0 Å². The number of hydrogen-bond acceptors (Lipinski definition) is 2. The van der Waals surface area contributed by atoms with Gasteiger partial charge in [-0.05, 0) is 36.0 Å². The van der Waals surface area contributed by atoms with Crippen LogP contribution >= 0.6 is 0 Å². The molecular formula is C16H24N2O. The minimum atomic E-state index is -0.101. The van der Waals surface area contributed by atoms with Crippen LogP contribution in [-0.2, 0) is 11.2 Å². The summed E-state index contributed by atoms with van der Waals surface area (Å²) in [5.41, 5.74) is 9.35. The molecule has 0 fully saturated rings. The zero-order chi connectivity index (χ0) is 14.0. The van der Waals surface area contributed by atoms with E-state index in [0.29, 0.717) is 12.5 Å². The highest BCUT2D eigenvalue weighted by Crippen LogP contribution is 2.31. The zero-order valence-electron chi connectivity index (χ0n) is 12.1. The van der Waals surface area contributed by atoms with Crippen molar-refractivity contribution < 1.29 is 4.79 Å². The lowest BCUT2D eigenvalue weighted by Crippen LogP contribution is -2.41. The number of carbonyl (C=O) groups is 1. The number of nitrogens with two attached hydrogens (primary N) is 1. The maximum Gasteiger partial charge on any atom is 0.231 e. The highest BCUT2D eigenvalue weighted by molar-refractivity contribution is 5.96. The molecule has 0 radical (unpaired) electrons. The van der Waals surface area contributed by atoms with Crippen LogP contribution in [0.1, 0.15) is 44.2 Å². The molecule has 1 amide bonds. The van der Waals surface area contributed by atoms with E-state index in [0.717, 1.165) is 25.1 Å². The molecule has 1 aromatic carbocycles. The van der Waals surface area contributed by atoms with Crippen molar-refractivity contribution in [2.24, 2.45) is 11.7 Å². The second-order valence-electron chi connectivity index (χ2n) is 5.77. The Bertz CT molecular complexity index is 468. The number of anilines is 1. The van der Waals surface area contributed by atoms with Crippen molar-refractivity contribution in [1.29, 1.82) is 0 Å². The monoisotopic (exact) mass is 260 g/mol. The van der Waals surface area contributed by atoms with Crippen molar-refractivity contribution >= 4 is 11.6 Å². The predicted octanol–water partition coefficient (Wildman–Crippen LogP) is 2.68. The van der Waals surface area contributed by atoms with E-state index < -0.39 is 0 Å². The number of nitrogens with zero attached hydrogens (tertiary/aromatic N) is 1. The average Bonchev–Trinajstić information content (AvgIpc) is 2.44. The Hall–Kier alpha value is -1.35. The van der Waals surface area contributed by atoms with Crippen molar-refractivity contribution in [2.45, 2.75) is 39.5 Å². The van der Waals surface area contributed by atoms with Gasteiger partial charge in [0.15, 0.2) is 0 Å². The van der Waals surface area contributed by atoms with Gasteiger partial charge in [0.05, 0.1) is 0 Å². The third-order valence-electron chi connectivity index (χ3n) is 3.93. The Labute approximate surface area is 115 Å². The molecule has 0 bridgehead atoms. The van der Waals surface area contributed by atoms with E-state index in [1.54, 1.807) is 0 Å². The van der Waals surface area contributed by atoms with Crippen LogP contribution in [0.4, 0.5) is 5.69 Å². The number of hydrogen-bond donors (Lipinski definition) is 1. The lowest BCUT2D eigenvalue weighted by Gasteiger charge is -2.32.